The molecule has 0 spiro atoms. The lowest BCUT2D eigenvalue weighted by Crippen LogP contribution is -2.09. The number of ether oxygens (including phenoxy) is 3. The fourth-order valence-electron chi connectivity index (χ4n) is 3.22. The van der Waals surface area contributed by atoms with Gasteiger partial charge in [0.2, 0.25) is 0 Å². The topological polar surface area (TPSA) is 65.5 Å². The number of hydrogen-bond donors (Lipinski definition) is 1. The summed E-state index contributed by atoms with van der Waals surface area (Å²) in [5.74, 6) is 2.14. The number of anilines is 1. The first kappa shape index (κ1) is 22.7. The molecule has 2 aromatic rings. The van der Waals surface area contributed by atoms with E-state index in [1.54, 1.807) is 21.3 Å². The van der Waals surface area contributed by atoms with Crippen molar-refractivity contribution in [1.29, 1.82) is 0 Å². The molecular weight excluding hydrogens is 373 g/mol. The maximum Gasteiger partial charge on any atom is 0.257 e. The van der Waals surface area contributed by atoms with E-state index in [0.29, 0.717) is 40.1 Å². The SMILES string of the molecule is CCCCCNc1nc(C)c(-c2c(OC)cc(CC(C)F)cc2OC)nc1OC. The number of aryl methyl sites for hydroxylation is 1. The second-order valence-electron chi connectivity index (χ2n) is 7.01. The van der Waals surface area contributed by atoms with Crippen molar-refractivity contribution in [3.05, 3.63) is 23.4 Å². The number of hydrogen-bond acceptors (Lipinski definition) is 6. The van der Waals surface area contributed by atoms with Crippen LogP contribution in [0, 0.1) is 6.92 Å². The van der Waals surface area contributed by atoms with Crippen LogP contribution in [0.5, 0.6) is 17.4 Å². The number of nitrogens with zero attached hydrogens (tertiary/aromatic N) is 2. The van der Waals surface area contributed by atoms with Gasteiger partial charge in [-0.15, -0.1) is 0 Å². The molecule has 29 heavy (non-hydrogen) atoms. The highest BCUT2D eigenvalue weighted by Crippen LogP contribution is 2.41. The highest BCUT2D eigenvalue weighted by molar-refractivity contribution is 5.77. The average Bonchev–Trinajstić information content (AvgIpc) is 2.70. The summed E-state index contributed by atoms with van der Waals surface area (Å²) in [5.41, 5.74) is 2.79. The predicted molar refractivity (Wildman–Crippen MR) is 114 cm³/mol. The standard InChI is InChI=1S/C22H32FN3O3/c1-7-8-9-10-24-21-22(29-6)26-20(15(3)25-21)19-17(27-4)12-16(11-14(2)23)13-18(19)28-5/h12-14H,7-11H2,1-6H3,(H,24,25). The lowest BCUT2D eigenvalue weighted by molar-refractivity contribution is 0.357. The van der Waals surface area contributed by atoms with E-state index in [4.69, 9.17) is 14.2 Å². The van der Waals surface area contributed by atoms with E-state index in [9.17, 15) is 4.39 Å². The quantitative estimate of drug-likeness (QED) is 0.532. The van der Waals surface area contributed by atoms with Crippen LogP contribution in [0.15, 0.2) is 12.1 Å². The first-order valence-corrected chi connectivity index (χ1v) is 10.0. The van der Waals surface area contributed by atoms with E-state index in [1.165, 1.54) is 6.92 Å². The maximum absolute atomic E-state index is 13.5. The molecule has 0 saturated heterocycles. The summed E-state index contributed by atoms with van der Waals surface area (Å²) in [6, 6.07) is 3.64. The van der Waals surface area contributed by atoms with Crippen molar-refractivity contribution in [2.75, 3.05) is 33.2 Å². The lowest BCUT2D eigenvalue weighted by Gasteiger charge is -2.18. The Morgan fingerprint density at radius 1 is 1.03 bits per heavy atom. The maximum atomic E-state index is 13.5. The molecule has 7 heteroatoms. The molecule has 160 valence electrons. The first-order chi connectivity index (χ1) is 13.9. The molecule has 0 aliphatic rings. The second kappa shape index (κ2) is 10.8. The third-order valence-corrected chi connectivity index (χ3v) is 4.62. The van der Waals surface area contributed by atoms with Crippen molar-refractivity contribution in [2.24, 2.45) is 0 Å². The van der Waals surface area contributed by atoms with E-state index in [-0.39, 0.29) is 6.42 Å². The van der Waals surface area contributed by atoms with Gasteiger partial charge in [-0.25, -0.2) is 14.4 Å². The molecule has 1 aromatic carbocycles. The van der Waals surface area contributed by atoms with Crippen LogP contribution >= 0.6 is 0 Å². The molecule has 0 aliphatic carbocycles. The molecule has 6 nitrogen and oxygen atoms in total. The zero-order valence-corrected chi connectivity index (χ0v) is 18.3. The minimum Gasteiger partial charge on any atom is -0.496 e. The molecule has 0 amide bonds. The smallest absolute Gasteiger partial charge is 0.257 e. The number of halogens is 1. The fraction of sp³-hybridized carbons (Fsp3) is 0.545. The van der Waals surface area contributed by atoms with Gasteiger partial charge in [0.15, 0.2) is 5.82 Å². The van der Waals surface area contributed by atoms with Gasteiger partial charge in [-0.3, -0.25) is 0 Å². The molecule has 0 radical (unpaired) electrons. The van der Waals surface area contributed by atoms with Gasteiger partial charge in [-0.1, -0.05) is 19.8 Å². The Labute approximate surface area is 172 Å². The average molecular weight is 406 g/mol. The molecule has 1 N–H and O–H groups in total. The fourth-order valence-corrected chi connectivity index (χ4v) is 3.22. The summed E-state index contributed by atoms with van der Waals surface area (Å²) < 4.78 is 30.2. The zero-order valence-electron chi connectivity index (χ0n) is 18.3. The molecule has 2 rings (SSSR count). The minimum atomic E-state index is -0.963. The molecule has 1 aromatic heterocycles. The number of nitrogens with one attached hydrogen (secondary N) is 1. The number of aromatic nitrogens is 2. The normalized spacial score (nSPS) is 11.8. The Balaban J connectivity index is 2.50. The molecule has 0 aliphatic heterocycles. The van der Waals surface area contributed by atoms with Gasteiger partial charge in [-0.2, -0.15) is 0 Å². The van der Waals surface area contributed by atoms with Crippen LogP contribution < -0.4 is 19.5 Å². The molecule has 1 unspecified atom stereocenters. The molecular formula is C22H32FN3O3. The summed E-state index contributed by atoms with van der Waals surface area (Å²) in [4.78, 5) is 9.36. The lowest BCUT2D eigenvalue weighted by atomic mass is 10.0. The molecule has 0 bridgehead atoms. The third kappa shape index (κ3) is 5.71. The molecule has 0 saturated carbocycles. The van der Waals surface area contributed by atoms with Gasteiger partial charge in [0.25, 0.3) is 5.88 Å². The van der Waals surface area contributed by atoms with Crippen molar-refractivity contribution in [3.8, 4) is 28.6 Å². The molecule has 0 fully saturated rings. The van der Waals surface area contributed by atoms with Crippen LogP contribution in [0.1, 0.15) is 44.4 Å². The van der Waals surface area contributed by atoms with Crippen molar-refractivity contribution < 1.29 is 18.6 Å². The van der Waals surface area contributed by atoms with Crippen molar-refractivity contribution in [2.45, 2.75) is 52.6 Å². The summed E-state index contributed by atoms with van der Waals surface area (Å²) in [6.07, 6.45) is 2.67. The highest BCUT2D eigenvalue weighted by atomic mass is 19.1. The van der Waals surface area contributed by atoms with Gasteiger partial charge in [0, 0.05) is 13.0 Å². The summed E-state index contributed by atoms with van der Waals surface area (Å²) in [5, 5.41) is 3.30. The highest BCUT2D eigenvalue weighted by Gasteiger charge is 2.22. The third-order valence-electron chi connectivity index (χ3n) is 4.62. The number of rotatable bonds is 11. The van der Waals surface area contributed by atoms with E-state index in [1.807, 2.05) is 19.1 Å². The Bertz CT molecular complexity index is 787. The van der Waals surface area contributed by atoms with Crippen LogP contribution in [-0.2, 0) is 6.42 Å². The summed E-state index contributed by atoms with van der Waals surface area (Å²) in [6.45, 7) is 6.38. The number of methoxy groups -OCH3 is 3. The van der Waals surface area contributed by atoms with Gasteiger partial charge >= 0.3 is 0 Å². The van der Waals surface area contributed by atoms with E-state index >= 15 is 0 Å². The molecule has 1 heterocycles. The summed E-state index contributed by atoms with van der Waals surface area (Å²) >= 11 is 0. The van der Waals surface area contributed by atoms with E-state index in [0.717, 1.165) is 31.4 Å². The minimum absolute atomic E-state index is 0.279. The van der Waals surface area contributed by atoms with Gasteiger partial charge in [-0.05, 0) is 38.0 Å². The van der Waals surface area contributed by atoms with Crippen LogP contribution in [0.2, 0.25) is 0 Å². The summed E-state index contributed by atoms with van der Waals surface area (Å²) in [7, 11) is 4.72. The van der Waals surface area contributed by atoms with Crippen molar-refractivity contribution >= 4 is 5.82 Å². The van der Waals surface area contributed by atoms with E-state index < -0.39 is 6.17 Å². The van der Waals surface area contributed by atoms with Crippen LogP contribution in [0.3, 0.4) is 0 Å². The van der Waals surface area contributed by atoms with Gasteiger partial charge < -0.3 is 19.5 Å². The van der Waals surface area contributed by atoms with Crippen molar-refractivity contribution in [3.63, 3.8) is 0 Å². The predicted octanol–water partition coefficient (Wildman–Crippen LogP) is 4.98. The van der Waals surface area contributed by atoms with Crippen LogP contribution in [-0.4, -0.2) is 44.0 Å². The molecule has 1 atom stereocenters. The van der Waals surface area contributed by atoms with Crippen LogP contribution in [0.25, 0.3) is 11.3 Å². The Morgan fingerprint density at radius 3 is 2.21 bits per heavy atom. The van der Waals surface area contributed by atoms with Gasteiger partial charge in [0.05, 0.1) is 32.6 Å². The van der Waals surface area contributed by atoms with E-state index in [2.05, 4.69) is 22.2 Å². The number of unbranched alkanes of at least 4 members (excludes halogenated alkanes) is 2. The number of alkyl halides is 1. The van der Waals surface area contributed by atoms with Crippen LogP contribution in [0.4, 0.5) is 10.2 Å². The van der Waals surface area contributed by atoms with Gasteiger partial charge in [0.1, 0.15) is 23.4 Å². The Kier molecular flexibility index (Phi) is 8.49. The Morgan fingerprint density at radius 2 is 1.69 bits per heavy atom. The Hall–Kier alpha value is -2.57. The first-order valence-electron chi connectivity index (χ1n) is 10.0. The zero-order chi connectivity index (χ0) is 21.4. The van der Waals surface area contributed by atoms with Crippen molar-refractivity contribution in [1.82, 2.24) is 9.97 Å². The largest absolute Gasteiger partial charge is 0.496 e. The second-order valence-corrected chi connectivity index (χ2v) is 7.01. The monoisotopic (exact) mass is 405 g/mol. The number of benzene rings is 1.